The summed E-state index contributed by atoms with van der Waals surface area (Å²) in [6.07, 6.45) is 3.64. The minimum absolute atomic E-state index is 0.230. The van der Waals surface area contributed by atoms with E-state index in [4.69, 9.17) is 24.0 Å². The normalized spacial score (nSPS) is 59.4. The Morgan fingerprint density at radius 2 is 1.86 bits per heavy atom. The molecule has 0 radical (unpaired) electrons. The van der Waals surface area contributed by atoms with Crippen molar-refractivity contribution in [1.29, 1.82) is 0 Å². The number of ether oxygens (including phenoxy) is 3. The molecule has 5 nitrogen and oxygen atoms in total. The van der Waals surface area contributed by atoms with Crippen LogP contribution in [-0.4, -0.2) is 31.1 Å². The maximum absolute atomic E-state index is 6.21. The summed E-state index contributed by atoms with van der Waals surface area (Å²) in [5, 5.41) is 0. The molecule has 1 aliphatic carbocycles. The first kappa shape index (κ1) is 14.4. The van der Waals surface area contributed by atoms with Crippen LogP contribution in [0.2, 0.25) is 0 Å². The van der Waals surface area contributed by atoms with Gasteiger partial charge in [-0.25, -0.2) is 9.78 Å². The quantitative estimate of drug-likeness (QED) is 0.697. The molecule has 4 heterocycles. The first-order chi connectivity index (χ1) is 10.00. The van der Waals surface area contributed by atoms with Gasteiger partial charge in [0.15, 0.2) is 18.2 Å². The lowest BCUT2D eigenvalue weighted by Crippen LogP contribution is -2.70. The Morgan fingerprint density at radius 1 is 1.05 bits per heavy atom. The van der Waals surface area contributed by atoms with Crippen molar-refractivity contribution in [2.75, 3.05) is 7.11 Å². The van der Waals surface area contributed by atoms with Crippen LogP contribution in [0.15, 0.2) is 0 Å². The van der Waals surface area contributed by atoms with Crippen molar-refractivity contribution in [2.24, 2.45) is 23.7 Å². The maximum atomic E-state index is 6.21. The molecule has 0 aromatic heterocycles. The number of methoxy groups -OCH3 is 1. The summed E-state index contributed by atoms with van der Waals surface area (Å²) < 4.78 is 17.9. The maximum Gasteiger partial charge on any atom is 0.201 e. The summed E-state index contributed by atoms with van der Waals surface area (Å²) in [4.78, 5) is 11.8. The highest BCUT2D eigenvalue weighted by atomic mass is 17.3. The van der Waals surface area contributed by atoms with E-state index >= 15 is 0 Å². The monoisotopic (exact) mass is 298 g/mol. The highest BCUT2D eigenvalue weighted by Crippen LogP contribution is 2.60. The van der Waals surface area contributed by atoms with Gasteiger partial charge >= 0.3 is 0 Å². The van der Waals surface area contributed by atoms with E-state index in [-0.39, 0.29) is 12.2 Å². The Balaban J connectivity index is 1.79. The third-order valence-corrected chi connectivity index (χ3v) is 6.33. The molecule has 5 heteroatoms. The van der Waals surface area contributed by atoms with Crippen LogP contribution in [0.3, 0.4) is 0 Å². The van der Waals surface area contributed by atoms with E-state index in [1.807, 2.05) is 6.92 Å². The fourth-order valence-corrected chi connectivity index (χ4v) is 5.14. The molecule has 0 aromatic rings. The number of rotatable bonds is 1. The highest BCUT2D eigenvalue weighted by molar-refractivity contribution is 5.08. The molecule has 4 saturated heterocycles. The van der Waals surface area contributed by atoms with Gasteiger partial charge in [0.2, 0.25) is 5.79 Å². The zero-order valence-corrected chi connectivity index (χ0v) is 13.3. The van der Waals surface area contributed by atoms with Crippen LogP contribution in [0.25, 0.3) is 0 Å². The van der Waals surface area contributed by atoms with E-state index in [9.17, 15) is 0 Å². The lowest BCUT2D eigenvalue weighted by atomic mass is 9.58. The van der Waals surface area contributed by atoms with Gasteiger partial charge in [-0.1, -0.05) is 13.8 Å². The van der Waals surface area contributed by atoms with Crippen molar-refractivity contribution in [2.45, 2.75) is 70.4 Å². The molecular formula is C16H26O5. The second kappa shape index (κ2) is 4.65. The van der Waals surface area contributed by atoms with Gasteiger partial charge in [-0.3, -0.25) is 0 Å². The van der Waals surface area contributed by atoms with Gasteiger partial charge in [-0.15, -0.1) is 0 Å². The largest absolute Gasteiger partial charge is 0.355 e. The fourth-order valence-electron chi connectivity index (χ4n) is 5.14. The molecule has 2 bridgehead atoms. The predicted octanol–water partition coefficient (Wildman–Crippen LogP) is 2.84. The summed E-state index contributed by atoms with van der Waals surface area (Å²) in [5.74, 6) is 0.953. The van der Waals surface area contributed by atoms with Crippen molar-refractivity contribution in [3.05, 3.63) is 0 Å². The van der Waals surface area contributed by atoms with Crippen molar-refractivity contribution in [3.8, 4) is 0 Å². The summed E-state index contributed by atoms with van der Waals surface area (Å²) in [6, 6.07) is 0. The zero-order valence-electron chi connectivity index (χ0n) is 13.3. The topological polar surface area (TPSA) is 46.2 Å². The van der Waals surface area contributed by atoms with E-state index in [1.165, 1.54) is 6.42 Å². The molecule has 21 heavy (non-hydrogen) atoms. The SMILES string of the molecule is CO[C@H]1O[C@H]2O[C@@]3(C)CC[C@H]4[C@@H](C)CC[C@@H]([C@@H]1C)[C@@]24OO3. The molecule has 5 fully saturated rings. The fraction of sp³-hybridized carbons (Fsp3) is 1.00. The van der Waals surface area contributed by atoms with Crippen LogP contribution >= 0.6 is 0 Å². The second-order valence-electron chi connectivity index (χ2n) is 7.51. The van der Waals surface area contributed by atoms with Crippen LogP contribution in [0, 0.1) is 23.7 Å². The number of fused-ring (bicyclic) bond motifs is 2. The Bertz CT molecular complexity index is 429. The zero-order chi connectivity index (χ0) is 14.8. The summed E-state index contributed by atoms with van der Waals surface area (Å²) in [5.41, 5.74) is -0.470. The molecule has 5 rings (SSSR count). The minimum atomic E-state index is -0.698. The third-order valence-electron chi connectivity index (χ3n) is 6.33. The third kappa shape index (κ3) is 1.81. The summed E-state index contributed by atoms with van der Waals surface area (Å²) >= 11 is 0. The van der Waals surface area contributed by atoms with Crippen LogP contribution < -0.4 is 0 Å². The molecule has 5 aliphatic rings. The van der Waals surface area contributed by atoms with Crippen molar-refractivity contribution >= 4 is 0 Å². The van der Waals surface area contributed by atoms with E-state index in [0.29, 0.717) is 17.8 Å². The summed E-state index contributed by atoms with van der Waals surface area (Å²) in [6.45, 7) is 6.46. The van der Waals surface area contributed by atoms with E-state index in [0.717, 1.165) is 19.3 Å². The van der Waals surface area contributed by atoms with Crippen molar-refractivity contribution in [1.82, 2.24) is 0 Å². The van der Waals surface area contributed by atoms with Gasteiger partial charge in [0, 0.05) is 25.4 Å². The van der Waals surface area contributed by atoms with E-state index < -0.39 is 17.7 Å². The van der Waals surface area contributed by atoms with Gasteiger partial charge in [0.1, 0.15) is 0 Å². The first-order valence-corrected chi connectivity index (χ1v) is 8.23. The molecule has 120 valence electrons. The molecule has 8 atom stereocenters. The van der Waals surface area contributed by atoms with Crippen LogP contribution in [-0.2, 0) is 24.0 Å². The lowest BCUT2D eigenvalue weighted by Gasteiger charge is -2.60. The van der Waals surface area contributed by atoms with Crippen molar-refractivity contribution < 1.29 is 24.0 Å². The highest BCUT2D eigenvalue weighted by Gasteiger charge is 2.69. The Morgan fingerprint density at radius 3 is 2.62 bits per heavy atom. The van der Waals surface area contributed by atoms with Crippen LogP contribution in [0.1, 0.15) is 46.5 Å². The second-order valence-corrected chi connectivity index (χ2v) is 7.51. The minimum Gasteiger partial charge on any atom is -0.355 e. The van der Waals surface area contributed by atoms with Gasteiger partial charge in [0.25, 0.3) is 0 Å². The molecule has 0 N–H and O–H groups in total. The average Bonchev–Trinajstić information content (AvgIpc) is 2.69. The Hall–Kier alpha value is -0.200. The molecule has 0 unspecified atom stereocenters. The van der Waals surface area contributed by atoms with E-state index in [1.54, 1.807) is 7.11 Å². The van der Waals surface area contributed by atoms with E-state index in [2.05, 4.69) is 13.8 Å². The molecule has 4 aliphatic heterocycles. The number of hydrogen-bond acceptors (Lipinski definition) is 5. The smallest absolute Gasteiger partial charge is 0.201 e. The molecule has 1 spiro atoms. The Kier molecular flexibility index (Phi) is 3.19. The standard InChI is InChI=1S/C16H26O5/c1-9-5-6-12-10(2)13(17-4)18-14-16(12)11(9)7-8-15(3,19-14)20-21-16/h9-14H,5-8H2,1-4H3/t9-,10-,11-,12-,13-,14-,15+,16+/m0/s1. The molecule has 1 saturated carbocycles. The lowest BCUT2D eigenvalue weighted by molar-refractivity contribution is -0.577. The van der Waals surface area contributed by atoms with Crippen LogP contribution in [0.5, 0.6) is 0 Å². The van der Waals surface area contributed by atoms with Gasteiger partial charge in [-0.05, 0) is 38.0 Å². The molecule has 0 amide bonds. The molecular weight excluding hydrogens is 272 g/mol. The van der Waals surface area contributed by atoms with Gasteiger partial charge in [-0.2, -0.15) is 0 Å². The van der Waals surface area contributed by atoms with Gasteiger partial charge in [0.05, 0.1) is 0 Å². The molecule has 0 aromatic carbocycles. The van der Waals surface area contributed by atoms with Gasteiger partial charge < -0.3 is 14.2 Å². The van der Waals surface area contributed by atoms with Crippen molar-refractivity contribution in [3.63, 3.8) is 0 Å². The van der Waals surface area contributed by atoms with Crippen LogP contribution in [0.4, 0.5) is 0 Å². The predicted molar refractivity (Wildman–Crippen MR) is 73.8 cm³/mol. The number of hydrogen-bond donors (Lipinski definition) is 0. The summed E-state index contributed by atoms with van der Waals surface area (Å²) in [7, 11) is 1.70. The average molecular weight is 298 g/mol. The first-order valence-electron chi connectivity index (χ1n) is 8.23. The Labute approximate surface area is 126 Å².